The van der Waals surface area contributed by atoms with Gasteiger partial charge >= 0.3 is 0 Å². The molecule has 0 fully saturated rings. The number of aromatic nitrogens is 4. The summed E-state index contributed by atoms with van der Waals surface area (Å²) in [5, 5.41) is 33.8. The topological polar surface area (TPSA) is 104 Å². The molecule has 25 heavy (non-hydrogen) atoms. The van der Waals surface area contributed by atoms with E-state index in [4.69, 9.17) is 5.11 Å². The van der Waals surface area contributed by atoms with Gasteiger partial charge in [0.05, 0.1) is 23.3 Å². The molecule has 0 aliphatic rings. The summed E-state index contributed by atoms with van der Waals surface area (Å²) in [5.41, 5.74) is 3.17. The number of aliphatic hydroxyl groups excluding tert-OH is 3. The molecule has 0 amide bonds. The van der Waals surface area contributed by atoms with Crippen molar-refractivity contribution in [2.75, 3.05) is 6.61 Å². The summed E-state index contributed by atoms with van der Waals surface area (Å²) >= 11 is 0. The number of rotatable bonds is 4. The van der Waals surface area contributed by atoms with Crippen LogP contribution in [-0.4, -0.2) is 47.8 Å². The molecule has 0 unspecified atom stereocenters. The minimum Gasteiger partial charge on any atom is -0.394 e. The molecule has 4 aromatic rings. The highest BCUT2D eigenvalue weighted by atomic mass is 16.4. The normalized spacial score (nSPS) is 14.0. The summed E-state index contributed by atoms with van der Waals surface area (Å²) in [6, 6.07) is 16.8. The Kier molecular flexibility index (Phi) is 3.89. The molecule has 2 atom stereocenters. The Labute approximate surface area is 142 Å². The smallest absolute Gasteiger partial charge is 0.182 e. The highest BCUT2D eigenvalue weighted by Gasteiger charge is 2.26. The summed E-state index contributed by atoms with van der Waals surface area (Å²) < 4.78 is 1.58. The van der Waals surface area contributed by atoms with Gasteiger partial charge in [0.2, 0.25) is 0 Å². The number of nitrogens with zero attached hydrogens (tertiary/aromatic N) is 4. The fourth-order valence-corrected chi connectivity index (χ4v) is 2.74. The summed E-state index contributed by atoms with van der Waals surface area (Å²) in [5.74, 6) is 0. The lowest BCUT2D eigenvalue weighted by molar-refractivity contribution is -0.0168. The van der Waals surface area contributed by atoms with Crippen LogP contribution in [0.25, 0.3) is 27.9 Å². The molecule has 2 aromatic carbocycles. The molecule has 0 bridgehead atoms. The third-order valence-corrected chi connectivity index (χ3v) is 4.04. The average molecular weight is 336 g/mol. The SMILES string of the molecule is OC[C@H](O)[C@@H](O)c1nn(-c2ccccc2)c2nc3ccccc3nc12. The molecule has 0 saturated heterocycles. The van der Waals surface area contributed by atoms with Crippen LogP contribution in [0.3, 0.4) is 0 Å². The second-order valence-electron chi connectivity index (χ2n) is 5.71. The molecular formula is C18H16N4O3. The van der Waals surface area contributed by atoms with Crippen LogP contribution < -0.4 is 0 Å². The maximum Gasteiger partial charge on any atom is 0.182 e. The summed E-state index contributed by atoms with van der Waals surface area (Å²) in [4.78, 5) is 9.19. The Balaban J connectivity index is 2.03. The molecule has 7 nitrogen and oxygen atoms in total. The van der Waals surface area contributed by atoms with Crippen LogP contribution in [0.1, 0.15) is 11.8 Å². The lowest BCUT2D eigenvalue weighted by atomic mass is 10.1. The lowest BCUT2D eigenvalue weighted by Crippen LogP contribution is -2.22. The van der Waals surface area contributed by atoms with Crippen molar-refractivity contribution in [1.29, 1.82) is 0 Å². The van der Waals surface area contributed by atoms with Crippen LogP contribution in [0, 0.1) is 0 Å². The number of benzene rings is 2. The van der Waals surface area contributed by atoms with Crippen LogP contribution >= 0.6 is 0 Å². The standard InChI is InChI=1S/C18H16N4O3/c23-10-14(24)17(25)15-16-18(20-13-9-5-4-8-12(13)19-16)22(21-15)11-6-2-1-3-7-11/h1-9,14,17,23-25H,10H2/t14-,17+/m0/s1. The first-order chi connectivity index (χ1) is 12.2. The van der Waals surface area contributed by atoms with Gasteiger partial charge in [-0.25, -0.2) is 14.6 Å². The van der Waals surface area contributed by atoms with Crippen molar-refractivity contribution >= 4 is 22.2 Å². The highest BCUT2D eigenvalue weighted by Crippen LogP contribution is 2.27. The molecule has 2 heterocycles. The fraction of sp³-hybridized carbons (Fsp3) is 0.167. The Morgan fingerprint density at radius 1 is 0.880 bits per heavy atom. The maximum absolute atomic E-state index is 10.4. The molecule has 0 saturated carbocycles. The van der Waals surface area contributed by atoms with Gasteiger partial charge < -0.3 is 15.3 Å². The van der Waals surface area contributed by atoms with Crippen molar-refractivity contribution in [3.05, 3.63) is 60.3 Å². The molecule has 0 aliphatic heterocycles. The molecule has 0 radical (unpaired) electrons. The van der Waals surface area contributed by atoms with E-state index in [9.17, 15) is 10.2 Å². The summed E-state index contributed by atoms with van der Waals surface area (Å²) in [6.45, 7) is -0.581. The monoisotopic (exact) mass is 336 g/mol. The Hall–Kier alpha value is -2.87. The van der Waals surface area contributed by atoms with Crippen LogP contribution in [0.5, 0.6) is 0 Å². The van der Waals surface area contributed by atoms with Crippen molar-refractivity contribution in [3.63, 3.8) is 0 Å². The zero-order valence-electron chi connectivity index (χ0n) is 13.2. The van der Waals surface area contributed by atoms with Crippen molar-refractivity contribution in [2.45, 2.75) is 12.2 Å². The molecule has 0 spiro atoms. The van der Waals surface area contributed by atoms with E-state index in [1.807, 2.05) is 54.6 Å². The highest BCUT2D eigenvalue weighted by molar-refractivity contribution is 5.86. The number of fused-ring (bicyclic) bond motifs is 2. The molecule has 4 rings (SSSR count). The van der Waals surface area contributed by atoms with E-state index in [2.05, 4.69) is 15.1 Å². The fourth-order valence-electron chi connectivity index (χ4n) is 2.74. The average Bonchev–Trinajstić information content (AvgIpc) is 3.04. The largest absolute Gasteiger partial charge is 0.394 e. The van der Waals surface area contributed by atoms with Gasteiger partial charge in [-0.1, -0.05) is 30.3 Å². The predicted octanol–water partition coefficient (Wildman–Crippen LogP) is 1.36. The number of para-hydroxylation sites is 3. The first-order valence-electron chi connectivity index (χ1n) is 7.87. The predicted molar refractivity (Wildman–Crippen MR) is 92.2 cm³/mol. The van der Waals surface area contributed by atoms with Gasteiger partial charge in [-0.2, -0.15) is 5.10 Å². The van der Waals surface area contributed by atoms with Gasteiger partial charge in [0.1, 0.15) is 23.4 Å². The zero-order chi connectivity index (χ0) is 17.4. The van der Waals surface area contributed by atoms with Crippen molar-refractivity contribution in [3.8, 4) is 5.69 Å². The molecule has 7 heteroatoms. The van der Waals surface area contributed by atoms with E-state index in [1.165, 1.54) is 0 Å². The Bertz CT molecular complexity index is 1030. The molecule has 3 N–H and O–H groups in total. The van der Waals surface area contributed by atoms with E-state index >= 15 is 0 Å². The van der Waals surface area contributed by atoms with Gasteiger partial charge in [-0.15, -0.1) is 0 Å². The van der Waals surface area contributed by atoms with Crippen molar-refractivity contribution < 1.29 is 15.3 Å². The van der Waals surface area contributed by atoms with Gasteiger partial charge in [0, 0.05) is 0 Å². The first-order valence-corrected chi connectivity index (χ1v) is 7.87. The van der Waals surface area contributed by atoms with Gasteiger partial charge in [0.25, 0.3) is 0 Å². The van der Waals surface area contributed by atoms with Crippen molar-refractivity contribution in [2.24, 2.45) is 0 Å². The lowest BCUT2D eigenvalue weighted by Gasteiger charge is -2.12. The maximum atomic E-state index is 10.4. The van der Waals surface area contributed by atoms with Gasteiger partial charge in [0.15, 0.2) is 5.65 Å². The zero-order valence-corrected chi connectivity index (χ0v) is 13.2. The van der Waals surface area contributed by atoms with E-state index in [0.29, 0.717) is 22.2 Å². The Morgan fingerprint density at radius 2 is 1.52 bits per heavy atom. The minimum absolute atomic E-state index is 0.179. The number of aliphatic hydroxyl groups is 3. The minimum atomic E-state index is -1.37. The third-order valence-electron chi connectivity index (χ3n) is 4.04. The van der Waals surface area contributed by atoms with Crippen LogP contribution in [0.2, 0.25) is 0 Å². The van der Waals surface area contributed by atoms with E-state index in [1.54, 1.807) is 4.68 Å². The quantitative estimate of drug-likeness (QED) is 0.520. The van der Waals surface area contributed by atoms with Crippen LogP contribution in [0.4, 0.5) is 0 Å². The molecular weight excluding hydrogens is 320 g/mol. The molecule has 0 aliphatic carbocycles. The van der Waals surface area contributed by atoms with Gasteiger partial charge in [-0.05, 0) is 24.3 Å². The van der Waals surface area contributed by atoms with Crippen LogP contribution in [0.15, 0.2) is 54.6 Å². The van der Waals surface area contributed by atoms with Gasteiger partial charge in [-0.3, -0.25) is 0 Å². The molecule has 126 valence electrons. The van der Waals surface area contributed by atoms with Crippen LogP contribution in [-0.2, 0) is 0 Å². The summed E-state index contributed by atoms with van der Waals surface area (Å²) in [7, 11) is 0. The van der Waals surface area contributed by atoms with Crippen molar-refractivity contribution in [1.82, 2.24) is 19.7 Å². The van der Waals surface area contributed by atoms with E-state index < -0.39 is 18.8 Å². The Morgan fingerprint density at radius 3 is 2.20 bits per heavy atom. The second kappa shape index (κ2) is 6.21. The van der Waals surface area contributed by atoms with E-state index in [0.717, 1.165) is 5.69 Å². The first kappa shape index (κ1) is 15.6. The molecule has 2 aromatic heterocycles. The second-order valence-corrected chi connectivity index (χ2v) is 5.71. The summed E-state index contributed by atoms with van der Waals surface area (Å²) in [6.07, 6.45) is -2.72. The third kappa shape index (κ3) is 2.64. The number of hydrogen-bond donors (Lipinski definition) is 3. The number of hydrogen-bond acceptors (Lipinski definition) is 6. The van der Waals surface area contributed by atoms with E-state index in [-0.39, 0.29) is 5.69 Å².